The summed E-state index contributed by atoms with van der Waals surface area (Å²) in [6.45, 7) is 4.80. The molecule has 1 unspecified atom stereocenters. The van der Waals surface area contributed by atoms with Gasteiger partial charge in [0, 0.05) is 25.2 Å². The summed E-state index contributed by atoms with van der Waals surface area (Å²) in [5, 5.41) is 4.16. The van der Waals surface area contributed by atoms with E-state index in [0.717, 1.165) is 58.5 Å². The van der Waals surface area contributed by atoms with Gasteiger partial charge >= 0.3 is 0 Å². The zero-order valence-corrected chi connectivity index (χ0v) is 17.7. The minimum Gasteiger partial charge on any atom is -0.486 e. The number of hydrogen-bond acceptors (Lipinski definition) is 7. The van der Waals surface area contributed by atoms with E-state index in [1.165, 1.54) is 0 Å². The Kier molecular flexibility index (Phi) is 5.16. The van der Waals surface area contributed by atoms with E-state index >= 15 is 0 Å². The molecule has 1 atom stereocenters. The molecule has 2 aliphatic rings. The molecule has 156 valence electrons. The number of carbonyl (C=O) groups excluding carboxylic acids is 1. The molecule has 5 rings (SSSR count). The molecule has 4 heterocycles. The Bertz CT molecular complexity index is 1030. The fraction of sp³-hybridized carbons (Fsp3) is 0.409. The van der Waals surface area contributed by atoms with Crippen LogP contribution < -0.4 is 19.7 Å². The SMILES string of the molecule is CC(NC(=O)C1CCN(c2nc3cccnc3s2)CC1)c1ccc2c(c1)OCCO2. The molecule has 7 nitrogen and oxygen atoms in total. The third kappa shape index (κ3) is 3.79. The average molecular weight is 425 g/mol. The summed E-state index contributed by atoms with van der Waals surface area (Å²) in [6.07, 6.45) is 3.44. The van der Waals surface area contributed by atoms with E-state index in [9.17, 15) is 4.79 Å². The molecule has 2 aromatic heterocycles. The third-order valence-corrected chi connectivity index (χ3v) is 6.76. The molecule has 1 fully saturated rings. The van der Waals surface area contributed by atoms with Gasteiger partial charge in [0.15, 0.2) is 16.6 Å². The van der Waals surface area contributed by atoms with Crippen molar-refractivity contribution in [2.24, 2.45) is 5.92 Å². The molecule has 1 amide bonds. The van der Waals surface area contributed by atoms with Gasteiger partial charge < -0.3 is 19.7 Å². The van der Waals surface area contributed by atoms with E-state index in [-0.39, 0.29) is 17.9 Å². The van der Waals surface area contributed by atoms with E-state index in [0.29, 0.717) is 13.2 Å². The molecule has 1 saturated heterocycles. The van der Waals surface area contributed by atoms with Crippen LogP contribution in [0.1, 0.15) is 31.4 Å². The topological polar surface area (TPSA) is 76.6 Å². The first-order chi connectivity index (χ1) is 14.7. The van der Waals surface area contributed by atoms with Gasteiger partial charge in [-0.25, -0.2) is 9.97 Å². The van der Waals surface area contributed by atoms with E-state index in [2.05, 4.69) is 20.2 Å². The van der Waals surface area contributed by atoms with Crippen LogP contribution in [-0.4, -0.2) is 42.2 Å². The predicted molar refractivity (Wildman–Crippen MR) is 116 cm³/mol. The van der Waals surface area contributed by atoms with Crippen LogP contribution in [0.15, 0.2) is 36.5 Å². The number of amides is 1. The highest BCUT2D eigenvalue weighted by molar-refractivity contribution is 7.21. The maximum atomic E-state index is 12.8. The van der Waals surface area contributed by atoms with Crippen molar-refractivity contribution in [2.45, 2.75) is 25.8 Å². The van der Waals surface area contributed by atoms with Crippen LogP contribution in [0.2, 0.25) is 0 Å². The lowest BCUT2D eigenvalue weighted by atomic mass is 9.95. The Hall–Kier alpha value is -2.87. The van der Waals surface area contributed by atoms with Crippen LogP contribution in [0.5, 0.6) is 11.5 Å². The Morgan fingerprint density at radius 1 is 1.20 bits per heavy atom. The minimum absolute atomic E-state index is 0.0217. The van der Waals surface area contributed by atoms with Crippen molar-refractivity contribution in [3.63, 3.8) is 0 Å². The molecule has 0 aliphatic carbocycles. The van der Waals surface area contributed by atoms with E-state index < -0.39 is 0 Å². The predicted octanol–water partition coefficient (Wildman–Crippen LogP) is 3.56. The number of carbonyl (C=O) groups is 1. The van der Waals surface area contributed by atoms with E-state index in [1.54, 1.807) is 17.5 Å². The quantitative estimate of drug-likeness (QED) is 0.690. The van der Waals surface area contributed by atoms with Gasteiger partial charge in [0.05, 0.1) is 6.04 Å². The number of ether oxygens (including phenoxy) is 2. The normalized spacial score (nSPS) is 17.7. The summed E-state index contributed by atoms with van der Waals surface area (Å²) in [5.74, 6) is 1.65. The van der Waals surface area contributed by atoms with Crippen molar-refractivity contribution < 1.29 is 14.3 Å². The lowest BCUT2D eigenvalue weighted by molar-refractivity contribution is -0.126. The number of pyridine rings is 1. The molecule has 1 N–H and O–H groups in total. The van der Waals surface area contributed by atoms with Gasteiger partial charge in [-0.3, -0.25) is 4.79 Å². The largest absolute Gasteiger partial charge is 0.486 e. The monoisotopic (exact) mass is 424 g/mol. The lowest BCUT2D eigenvalue weighted by Crippen LogP contribution is -2.41. The lowest BCUT2D eigenvalue weighted by Gasteiger charge is -2.31. The van der Waals surface area contributed by atoms with Gasteiger partial charge in [-0.1, -0.05) is 17.4 Å². The number of hydrogen-bond donors (Lipinski definition) is 1. The second-order valence-corrected chi connectivity index (χ2v) is 8.67. The van der Waals surface area contributed by atoms with Gasteiger partial charge in [-0.05, 0) is 49.6 Å². The van der Waals surface area contributed by atoms with Gasteiger partial charge in [0.1, 0.15) is 23.6 Å². The fourth-order valence-corrected chi connectivity index (χ4v) is 4.93. The summed E-state index contributed by atoms with van der Waals surface area (Å²) < 4.78 is 11.2. The molecular formula is C22H24N4O3S. The van der Waals surface area contributed by atoms with Gasteiger partial charge in [0.2, 0.25) is 5.91 Å². The van der Waals surface area contributed by atoms with Crippen molar-refractivity contribution in [3.05, 3.63) is 42.1 Å². The number of rotatable bonds is 4. The van der Waals surface area contributed by atoms with Gasteiger partial charge in [0.25, 0.3) is 0 Å². The van der Waals surface area contributed by atoms with Crippen molar-refractivity contribution in [2.75, 3.05) is 31.2 Å². The van der Waals surface area contributed by atoms with Crippen LogP contribution in [-0.2, 0) is 4.79 Å². The molecular weight excluding hydrogens is 400 g/mol. The molecule has 0 spiro atoms. The minimum atomic E-state index is -0.0818. The maximum absolute atomic E-state index is 12.8. The standard InChI is InChI=1S/C22H24N4O3S/c1-14(16-4-5-18-19(13-16)29-12-11-28-18)24-20(27)15-6-9-26(10-7-15)22-25-17-3-2-8-23-21(17)30-22/h2-5,8,13-15H,6-7,9-12H2,1H3,(H,24,27). The number of thiazole rings is 1. The smallest absolute Gasteiger partial charge is 0.223 e. The number of nitrogens with zero attached hydrogens (tertiary/aromatic N) is 3. The summed E-state index contributed by atoms with van der Waals surface area (Å²) in [7, 11) is 0. The molecule has 8 heteroatoms. The Morgan fingerprint density at radius 2 is 2.00 bits per heavy atom. The van der Waals surface area contributed by atoms with Crippen LogP contribution in [0.25, 0.3) is 10.3 Å². The number of aromatic nitrogens is 2. The number of nitrogens with one attached hydrogen (secondary N) is 1. The second kappa shape index (κ2) is 8.10. The first-order valence-electron chi connectivity index (χ1n) is 10.3. The Labute approximate surface area is 179 Å². The van der Waals surface area contributed by atoms with Gasteiger partial charge in [-0.15, -0.1) is 0 Å². The summed E-state index contributed by atoms with van der Waals surface area (Å²) in [6, 6.07) is 9.68. The maximum Gasteiger partial charge on any atom is 0.223 e. The van der Waals surface area contributed by atoms with Crippen molar-refractivity contribution in [3.8, 4) is 11.5 Å². The number of piperidine rings is 1. The molecule has 0 radical (unpaired) electrons. The summed E-state index contributed by atoms with van der Waals surface area (Å²) >= 11 is 1.61. The van der Waals surface area contributed by atoms with Crippen LogP contribution in [0, 0.1) is 5.92 Å². The van der Waals surface area contributed by atoms with Crippen molar-refractivity contribution in [1.29, 1.82) is 0 Å². The van der Waals surface area contributed by atoms with Crippen molar-refractivity contribution >= 4 is 32.7 Å². The highest BCUT2D eigenvalue weighted by Gasteiger charge is 2.27. The zero-order valence-electron chi connectivity index (χ0n) is 16.8. The Morgan fingerprint density at radius 3 is 2.80 bits per heavy atom. The van der Waals surface area contributed by atoms with Gasteiger partial charge in [-0.2, -0.15) is 0 Å². The summed E-state index contributed by atoms with van der Waals surface area (Å²) in [4.78, 5) is 25.1. The van der Waals surface area contributed by atoms with Crippen LogP contribution in [0.4, 0.5) is 5.13 Å². The number of fused-ring (bicyclic) bond motifs is 2. The van der Waals surface area contributed by atoms with E-state index in [4.69, 9.17) is 9.47 Å². The molecule has 30 heavy (non-hydrogen) atoms. The Balaban J connectivity index is 1.18. The molecule has 1 aromatic carbocycles. The van der Waals surface area contributed by atoms with Crippen LogP contribution in [0.3, 0.4) is 0 Å². The van der Waals surface area contributed by atoms with Crippen molar-refractivity contribution in [1.82, 2.24) is 15.3 Å². The fourth-order valence-electron chi connectivity index (χ4n) is 3.97. The van der Waals surface area contributed by atoms with E-state index in [1.807, 2.05) is 37.3 Å². The summed E-state index contributed by atoms with van der Waals surface area (Å²) in [5.41, 5.74) is 1.96. The second-order valence-electron chi connectivity index (χ2n) is 7.72. The van der Waals surface area contributed by atoms with Crippen LogP contribution >= 0.6 is 11.3 Å². The first kappa shape index (κ1) is 19.1. The molecule has 2 aliphatic heterocycles. The average Bonchev–Trinajstić information content (AvgIpc) is 3.23. The number of benzene rings is 1. The third-order valence-electron chi connectivity index (χ3n) is 5.72. The molecule has 3 aromatic rings. The number of anilines is 1. The first-order valence-corrected chi connectivity index (χ1v) is 11.2. The molecule has 0 bridgehead atoms. The highest BCUT2D eigenvalue weighted by Crippen LogP contribution is 2.33. The highest BCUT2D eigenvalue weighted by atomic mass is 32.1. The zero-order chi connectivity index (χ0) is 20.5. The molecule has 0 saturated carbocycles.